The second-order valence-electron chi connectivity index (χ2n) is 4.72. The maximum atomic E-state index is 10.8. The van der Waals surface area contributed by atoms with Crippen molar-refractivity contribution in [2.45, 2.75) is 57.8 Å². The summed E-state index contributed by atoms with van der Waals surface area (Å²) in [5, 5.41) is 0. The minimum atomic E-state index is -0.297. The number of hydrogen-bond donors (Lipinski definition) is 0. The van der Waals surface area contributed by atoms with Crippen molar-refractivity contribution >= 4 is 5.97 Å². The predicted molar refractivity (Wildman–Crippen MR) is 66.2 cm³/mol. The molecule has 0 radical (unpaired) electrons. The van der Waals surface area contributed by atoms with Crippen LogP contribution in [0.25, 0.3) is 0 Å². The first-order chi connectivity index (χ1) is 7.83. The molecule has 0 spiro atoms. The molecule has 0 aromatic rings. The molecule has 1 rings (SSSR count). The van der Waals surface area contributed by atoms with Gasteiger partial charge in [0.2, 0.25) is 0 Å². The lowest BCUT2D eigenvalue weighted by atomic mass is 9.94. The van der Waals surface area contributed by atoms with Crippen LogP contribution in [0.2, 0.25) is 0 Å². The third kappa shape index (κ3) is 5.94. The summed E-state index contributed by atoms with van der Waals surface area (Å²) in [5.41, 5.74) is 0. The summed E-state index contributed by atoms with van der Waals surface area (Å²) < 4.78 is 4.95. The molecular formula is C14H24O2. The lowest BCUT2D eigenvalue weighted by Crippen LogP contribution is -2.03. The molecule has 0 atom stereocenters. The van der Waals surface area contributed by atoms with Gasteiger partial charge in [-0.2, -0.15) is 0 Å². The quantitative estimate of drug-likeness (QED) is 0.296. The normalized spacial score (nSPS) is 17.8. The maximum Gasteiger partial charge on any atom is 0.330 e. The minimum Gasteiger partial charge on any atom is -0.463 e. The van der Waals surface area contributed by atoms with E-state index in [0.29, 0.717) is 6.61 Å². The third-order valence-electron chi connectivity index (χ3n) is 3.39. The molecule has 1 aliphatic carbocycles. The zero-order valence-corrected chi connectivity index (χ0v) is 10.2. The molecule has 92 valence electrons. The largest absolute Gasteiger partial charge is 0.463 e. The van der Waals surface area contributed by atoms with Gasteiger partial charge in [-0.25, -0.2) is 4.79 Å². The molecule has 0 saturated heterocycles. The van der Waals surface area contributed by atoms with Crippen LogP contribution in [0.5, 0.6) is 0 Å². The molecule has 0 aromatic heterocycles. The molecule has 2 nitrogen and oxygen atoms in total. The van der Waals surface area contributed by atoms with E-state index in [0.717, 1.165) is 12.3 Å². The van der Waals surface area contributed by atoms with Crippen molar-refractivity contribution in [3.8, 4) is 0 Å². The van der Waals surface area contributed by atoms with Crippen LogP contribution in [0, 0.1) is 5.92 Å². The van der Waals surface area contributed by atoms with Crippen molar-refractivity contribution < 1.29 is 9.53 Å². The molecule has 0 bridgehead atoms. The molecule has 0 N–H and O–H groups in total. The van der Waals surface area contributed by atoms with E-state index in [-0.39, 0.29) is 5.97 Å². The Morgan fingerprint density at radius 2 is 1.88 bits per heavy atom. The first-order valence-electron chi connectivity index (χ1n) is 6.62. The first-order valence-corrected chi connectivity index (χ1v) is 6.62. The molecule has 16 heavy (non-hydrogen) atoms. The molecule has 1 fully saturated rings. The zero-order chi connectivity index (χ0) is 11.6. The van der Waals surface area contributed by atoms with Crippen molar-refractivity contribution in [1.82, 2.24) is 0 Å². The summed E-state index contributed by atoms with van der Waals surface area (Å²) in [4.78, 5) is 10.8. The molecule has 0 amide bonds. The molecule has 0 heterocycles. The molecular weight excluding hydrogens is 200 g/mol. The van der Waals surface area contributed by atoms with E-state index in [1.807, 2.05) is 0 Å². The summed E-state index contributed by atoms with van der Waals surface area (Å²) in [6.07, 6.45) is 13.2. The average Bonchev–Trinajstić information content (AvgIpc) is 2.57. The zero-order valence-electron chi connectivity index (χ0n) is 10.2. The lowest BCUT2D eigenvalue weighted by molar-refractivity contribution is -0.137. The molecule has 1 aliphatic rings. The Morgan fingerprint density at radius 1 is 1.19 bits per heavy atom. The van der Waals surface area contributed by atoms with Gasteiger partial charge < -0.3 is 4.74 Å². The topological polar surface area (TPSA) is 26.3 Å². The number of rotatable bonds is 6. The van der Waals surface area contributed by atoms with E-state index in [2.05, 4.69) is 6.58 Å². The smallest absolute Gasteiger partial charge is 0.330 e. The number of carbonyl (C=O) groups is 1. The van der Waals surface area contributed by atoms with Crippen molar-refractivity contribution in [1.29, 1.82) is 0 Å². The Bertz CT molecular complexity index is 203. The molecule has 0 unspecified atom stereocenters. The summed E-state index contributed by atoms with van der Waals surface area (Å²) >= 11 is 0. The first kappa shape index (κ1) is 13.3. The minimum absolute atomic E-state index is 0.297. The van der Waals surface area contributed by atoms with Crippen molar-refractivity contribution in [2.24, 2.45) is 5.92 Å². The fourth-order valence-corrected chi connectivity index (χ4v) is 2.42. The Morgan fingerprint density at radius 3 is 2.50 bits per heavy atom. The van der Waals surface area contributed by atoms with Crippen LogP contribution >= 0.6 is 0 Å². The highest BCUT2D eigenvalue weighted by Crippen LogP contribution is 2.26. The van der Waals surface area contributed by atoms with Gasteiger partial charge in [-0.1, -0.05) is 51.5 Å². The lowest BCUT2D eigenvalue weighted by Gasteiger charge is -2.13. The summed E-state index contributed by atoms with van der Waals surface area (Å²) in [6, 6.07) is 0. The number of esters is 1. The van der Waals surface area contributed by atoms with Gasteiger partial charge in [-0.15, -0.1) is 0 Å². The van der Waals surface area contributed by atoms with Gasteiger partial charge in [-0.3, -0.25) is 0 Å². The third-order valence-corrected chi connectivity index (χ3v) is 3.39. The van der Waals surface area contributed by atoms with E-state index in [1.165, 1.54) is 57.4 Å². The second kappa shape index (κ2) is 8.37. The maximum absolute atomic E-state index is 10.8. The van der Waals surface area contributed by atoms with Crippen molar-refractivity contribution in [3.63, 3.8) is 0 Å². The highest BCUT2D eigenvalue weighted by Gasteiger charge is 2.11. The van der Waals surface area contributed by atoms with E-state index < -0.39 is 0 Å². The predicted octanol–water partition coefficient (Wildman–Crippen LogP) is 3.86. The Hall–Kier alpha value is -0.790. The van der Waals surface area contributed by atoms with Gasteiger partial charge in [0.1, 0.15) is 0 Å². The van der Waals surface area contributed by atoms with Crippen LogP contribution in [0.1, 0.15) is 57.8 Å². The number of ether oxygens (including phenoxy) is 1. The highest BCUT2D eigenvalue weighted by atomic mass is 16.5. The van der Waals surface area contributed by atoms with Gasteiger partial charge in [-0.05, 0) is 18.8 Å². The van der Waals surface area contributed by atoms with Gasteiger partial charge in [0.05, 0.1) is 6.61 Å². The summed E-state index contributed by atoms with van der Waals surface area (Å²) in [7, 11) is 0. The highest BCUT2D eigenvalue weighted by molar-refractivity contribution is 5.81. The van der Waals surface area contributed by atoms with Gasteiger partial charge in [0.15, 0.2) is 0 Å². The van der Waals surface area contributed by atoms with E-state index in [9.17, 15) is 4.79 Å². The fraction of sp³-hybridized carbons (Fsp3) is 0.786. The van der Waals surface area contributed by atoms with E-state index >= 15 is 0 Å². The van der Waals surface area contributed by atoms with Crippen LogP contribution in [0.3, 0.4) is 0 Å². The number of carbonyl (C=O) groups excluding carboxylic acids is 1. The summed E-state index contributed by atoms with van der Waals surface area (Å²) in [6.45, 7) is 3.92. The fourth-order valence-electron chi connectivity index (χ4n) is 2.42. The Labute approximate surface area is 99.1 Å². The van der Waals surface area contributed by atoms with E-state index in [1.54, 1.807) is 0 Å². The van der Waals surface area contributed by atoms with Crippen LogP contribution in [-0.4, -0.2) is 12.6 Å². The SMILES string of the molecule is C=CC(=O)OCCCCC1CCCCCC1. The van der Waals surface area contributed by atoms with Crippen molar-refractivity contribution in [2.75, 3.05) is 6.61 Å². The monoisotopic (exact) mass is 224 g/mol. The molecule has 0 aromatic carbocycles. The van der Waals surface area contributed by atoms with Crippen molar-refractivity contribution in [3.05, 3.63) is 12.7 Å². The molecule has 0 aliphatic heterocycles. The van der Waals surface area contributed by atoms with Crippen LogP contribution in [-0.2, 0) is 9.53 Å². The number of hydrogen-bond acceptors (Lipinski definition) is 2. The Kier molecular flexibility index (Phi) is 6.95. The number of unbranched alkanes of at least 4 members (excludes halogenated alkanes) is 1. The van der Waals surface area contributed by atoms with Crippen LogP contribution in [0.4, 0.5) is 0 Å². The van der Waals surface area contributed by atoms with Gasteiger partial charge >= 0.3 is 5.97 Å². The molecule has 1 saturated carbocycles. The molecule has 2 heteroatoms. The van der Waals surface area contributed by atoms with Crippen LogP contribution in [0.15, 0.2) is 12.7 Å². The van der Waals surface area contributed by atoms with E-state index in [4.69, 9.17) is 4.74 Å². The van der Waals surface area contributed by atoms with Crippen LogP contribution < -0.4 is 0 Å². The van der Waals surface area contributed by atoms with Gasteiger partial charge in [0.25, 0.3) is 0 Å². The second-order valence-corrected chi connectivity index (χ2v) is 4.72. The standard InChI is InChI=1S/C14H24O2/c1-2-14(15)16-12-8-7-11-13-9-5-3-4-6-10-13/h2,13H,1,3-12H2. The summed E-state index contributed by atoms with van der Waals surface area (Å²) in [5.74, 6) is 0.632. The Balaban J connectivity index is 1.97. The van der Waals surface area contributed by atoms with Gasteiger partial charge in [0, 0.05) is 6.08 Å². The average molecular weight is 224 g/mol.